The SMILES string of the molecule is CC(C)(CSP(=O)(O)O)NCCCN. The molecule has 0 spiro atoms. The Kier molecular flexibility index (Phi) is 6.28. The van der Waals surface area contributed by atoms with Gasteiger partial charge in [-0.25, -0.2) is 4.57 Å². The van der Waals surface area contributed by atoms with Gasteiger partial charge in [-0.2, -0.15) is 0 Å². The van der Waals surface area contributed by atoms with Gasteiger partial charge >= 0.3 is 6.80 Å². The van der Waals surface area contributed by atoms with Gasteiger partial charge in [-0.15, -0.1) is 0 Å². The van der Waals surface area contributed by atoms with E-state index in [1.807, 2.05) is 13.8 Å². The smallest absolute Gasteiger partial charge is 0.330 e. The maximum atomic E-state index is 10.6. The summed E-state index contributed by atoms with van der Waals surface area (Å²) in [6.07, 6.45) is 0.865. The molecule has 0 saturated carbocycles. The van der Waals surface area contributed by atoms with Crippen molar-refractivity contribution >= 4 is 18.2 Å². The molecule has 0 aromatic carbocycles. The monoisotopic (exact) mass is 242 g/mol. The number of hydrogen-bond donors (Lipinski definition) is 4. The first-order valence-corrected chi connectivity index (χ1v) is 7.62. The van der Waals surface area contributed by atoms with Gasteiger partial charge in [0.05, 0.1) is 0 Å². The van der Waals surface area contributed by atoms with Gasteiger partial charge in [0.25, 0.3) is 0 Å². The molecule has 0 saturated heterocycles. The Hall–Kier alpha value is 0.420. The summed E-state index contributed by atoms with van der Waals surface area (Å²) < 4.78 is 10.6. The van der Waals surface area contributed by atoms with E-state index >= 15 is 0 Å². The molecule has 0 bridgehead atoms. The lowest BCUT2D eigenvalue weighted by Gasteiger charge is -2.25. The molecule has 14 heavy (non-hydrogen) atoms. The Morgan fingerprint density at radius 1 is 1.50 bits per heavy atom. The zero-order chi connectivity index (χ0) is 11.2. The van der Waals surface area contributed by atoms with Gasteiger partial charge in [0.15, 0.2) is 0 Å². The number of nitrogens with one attached hydrogen (secondary N) is 1. The average molecular weight is 242 g/mol. The van der Waals surface area contributed by atoms with Crippen LogP contribution in [0, 0.1) is 0 Å². The fraction of sp³-hybridized carbons (Fsp3) is 1.00. The van der Waals surface area contributed by atoms with E-state index in [1.165, 1.54) is 0 Å². The molecule has 0 aromatic heterocycles. The van der Waals surface area contributed by atoms with Gasteiger partial charge < -0.3 is 20.8 Å². The van der Waals surface area contributed by atoms with Crippen LogP contribution in [0.4, 0.5) is 0 Å². The largest absolute Gasteiger partial charge is 0.384 e. The molecule has 0 unspecified atom stereocenters. The summed E-state index contributed by atoms with van der Waals surface area (Å²) >= 11 is 0.671. The molecule has 7 heteroatoms. The van der Waals surface area contributed by atoms with Crippen LogP contribution in [-0.4, -0.2) is 34.2 Å². The molecule has 0 aliphatic rings. The van der Waals surface area contributed by atoms with Crippen molar-refractivity contribution in [2.45, 2.75) is 25.8 Å². The van der Waals surface area contributed by atoms with Crippen LogP contribution in [0.1, 0.15) is 20.3 Å². The van der Waals surface area contributed by atoms with Crippen molar-refractivity contribution in [3.63, 3.8) is 0 Å². The molecule has 0 aliphatic heterocycles. The summed E-state index contributed by atoms with van der Waals surface area (Å²) in [7, 11) is 0. The summed E-state index contributed by atoms with van der Waals surface area (Å²) in [5.41, 5.74) is 5.05. The molecule has 0 amide bonds. The average Bonchev–Trinajstić information content (AvgIpc) is 2.00. The first-order valence-electron chi connectivity index (χ1n) is 4.42. The van der Waals surface area contributed by atoms with E-state index in [0.717, 1.165) is 13.0 Å². The molecule has 5 N–H and O–H groups in total. The second-order valence-corrected chi connectivity index (χ2v) is 7.45. The molecule has 0 aliphatic carbocycles. The van der Waals surface area contributed by atoms with Crippen LogP contribution < -0.4 is 11.1 Å². The van der Waals surface area contributed by atoms with Gasteiger partial charge in [-0.1, -0.05) is 0 Å². The van der Waals surface area contributed by atoms with Crippen molar-refractivity contribution in [3.8, 4) is 0 Å². The fourth-order valence-electron chi connectivity index (χ4n) is 0.825. The van der Waals surface area contributed by atoms with E-state index in [4.69, 9.17) is 15.5 Å². The second kappa shape index (κ2) is 6.10. The topological polar surface area (TPSA) is 95.6 Å². The van der Waals surface area contributed by atoms with Gasteiger partial charge in [0.2, 0.25) is 0 Å². The summed E-state index contributed by atoms with van der Waals surface area (Å²) in [6, 6.07) is 0. The lowest BCUT2D eigenvalue weighted by Crippen LogP contribution is -2.42. The van der Waals surface area contributed by atoms with E-state index in [2.05, 4.69) is 5.32 Å². The Labute approximate surface area is 88.7 Å². The molecule has 5 nitrogen and oxygen atoms in total. The Morgan fingerprint density at radius 3 is 2.50 bits per heavy atom. The van der Waals surface area contributed by atoms with Gasteiger partial charge in [-0.3, -0.25) is 0 Å². The van der Waals surface area contributed by atoms with Crippen molar-refractivity contribution in [1.82, 2.24) is 5.32 Å². The Balaban J connectivity index is 3.77. The number of nitrogens with two attached hydrogens (primary N) is 1. The third-order valence-corrected chi connectivity index (χ3v) is 4.16. The highest BCUT2D eigenvalue weighted by Gasteiger charge is 2.23. The first-order chi connectivity index (χ1) is 6.27. The molecule has 0 aromatic rings. The summed E-state index contributed by atoms with van der Waals surface area (Å²) in [5.74, 6) is 0.377. The minimum atomic E-state index is -3.95. The quantitative estimate of drug-likeness (QED) is 0.384. The number of rotatable bonds is 7. The van der Waals surface area contributed by atoms with Crippen molar-refractivity contribution in [2.24, 2.45) is 5.73 Å². The van der Waals surface area contributed by atoms with Crippen LogP contribution >= 0.6 is 18.2 Å². The zero-order valence-electron chi connectivity index (χ0n) is 8.56. The summed E-state index contributed by atoms with van der Waals surface area (Å²) in [4.78, 5) is 17.4. The zero-order valence-corrected chi connectivity index (χ0v) is 10.3. The van der Waals surface area contributed by atoms with Crippen LogP contribution in [0.2, 0.25) is 0 Å². The maximum absolute atomic E-state index is 10.6. The fourth-order valence-corrected chi connectivity index (χ4v) is 2.89. The van der Waals surface area contributed by atoms with Gasteiger partial charge in [-0.05, 0) is 44.7 Å². The van der Waals surface area contributed by atoms with Gasteiger partial charge in [0, 0.05) is 11.3 Å². The van der Waals surface area contributed by atoms with Crippen molar-refractivity contribution < 1.29 is 14.4 Å². The van der Waals surface area contributed by atoms with Crippen LogP contribution in [0.25, 0.3) is 0 Å². The first kappa shape index (κ1) is 14.4. The highest BCUT2D eigenvalue weighted by atomic mass is 32.7. The highest BCUT2D eigenvalue weighted by molar-refractivity contribution is 8.54. The lowest BCUT2D eigenvalue weighted by atomic mass is 10.1. The third kappa shape index (κ3) is 8.99. The van der Waals surface area contributed by atoms with Crippen molar-refractivity contribution in [3.05, 3.63) is 0 Å². The lowest BCUT2D eigenvalue weighted by molar-refractivity contribution is 0.394. The Bertz CT molecular complexity index is 207. The van der Waals surface area contributed by atoms with Crippen molar-refractivity contribution in [1.29, 1.82) is 0 Å². The van der Waals surface area contributed by atoms with E-state index in [-0.39, 0.29) is 5.54 Å². The van der Waals surface area contributed by atoms with Crippen LogP contribution in [0.3, 0.4) is 0 Å². The van der Waals surface area contributed by atoms with E-state index in [0.29, 0.717) is 23.7 Å². The molecular formula is C7H19N2O3PS. The van der Waals surface area contributed by atoms with Crippen LogP contribution in [-0.2, 0) is 4.57 Å². The highest BCUT2D eigenvalue weighted by Crippen LogP contribution is 2.51. The van der Waals surface area contributed by atoms with Crippen molar-refractivity contribution in [2.75, 3.05) is 18.8 Å². The maximum Gasteiger partial charge on any atom is 0.384 e. The third-order valence-electron chi connectivity index (χ3n) is 1.58. The van der Waals surface area contributed by atoms with E-state index in [1.54, 1.807) is 0 Å². The molecular weight excluding hydrogens is 223 g/mol. The van der Waals surface area contributed by atoms with E-state index < -0.39 is 6.80 Å². The van der Waals surface area contributed by atoms with Gasteiger partial charge in [0.1, 0.15) is 0 Å². The van der Waals surface area contributed by atoms with Crippen LogP contribution in [0.5, 0.6) is 0 Å². The van der Waals surface area contributed by atoms with E-state index in [9.17, 15) is 4.57 Å². The minimum absolute atomic E-state index is 0.277. The molecule has 0 heterocycles. The molecule has 0 fully saturated rings. The molecule has 0 rings (SSSR count). The standard InChI is InChI=1S/C7H19N2O3PS/c1-7(2,9-5-3-4-8)6-14-13(10,11)12/h9H,3-6,8H2,1-2H3,(H2,10,11,12). The summed E-state index contributed by atoms with van der Waals surface area (Å²) in [5, 5.41) is 3.19. The minimum Gasteiger partial charge on any atom is -0.330 e. The van der Waals surface area contributed by atoms with Crippen LogP contribution in [0.15, 0.2) is 0 Å². The predicted molar refractivity (Wildman–Crippen MR) is 60.3 cm³/mol. The summed E-state index contributed by atoms with van der Waals surface area (Å²) in [6.45, 7) is 1.26. The molecule has 0 radical (unpaired) electrons. The predicted octanol–water partition coefficient (Wildman–Crippen LogP) is 0.529. The number of hydrogen-bond acceptors (Lipinski definition) is 4. The second-order valence-electron chi connectivity index (χ2n) is 3.72. The molecule has 86 valence electrons. The Morgan fingerprint density at radius 2 is 2.07 bits per heavy atom. The normalized spacial score (nSPS) is 13.2. The molecule has 0 atom stereocenters.